The summed E-state index contributed by atoms with van der Waals surface area (Å²) in [6.45, 7) is 2.54. The molecule has 94 valence electrons. The van der Waals surface area contributed by atoms with E-state index in [9.17, 15) is 0 Å². The molecule has 5 nitrogen and oxygen atoms in total. The van der Waals surface area contributed by atoms with Crippen LogP contribution in [0.25, 0.3) is 0 Å². The number of hydrogen-bond donors (Lipinski definition) is 1. The van der Waals surface area contributed by atoms with E-state index < -0.39 is 0 Å². The summed E-state index contributed by atoms with van der Waals surface area (Å²) in [6.07, 6.45) is 3.32. The SMILES string of the molecule is COc1ncc(Cl)c(NCc2ccc(C)nc2)n1. The highest BCUT2D eigenvalue weighted by Gasteiger charge is 2.05. The number of nitrogens with one attached hydrogen (secondary N) is 1. The van der Waals surface area contributed by atoms with Crippen molar-refractivity contribution in [1.29, 1.82) is 0 Å². The summed E-state index contributed by atoms with van der Waals surface area (Å²) in [5, 5.41) is 3.57. The first-order valence-corrected chi connectivity index (χ1v) is 5.79. The molecule has 0 radical (unpaired) electrons. The Morgan fingerprint density at radius 1 is 1.28 bits per heavy atom. The normalized spacial score (nSPS) is 10.2. The predicted octanol–water partition coefficient (Wildman–Crippen LogP) is 2.45. The van der Waals surface area contributed by atoms with Gasteiger partial charge in [-0.3, -0.25) is 4.98 Å². The van der Waals surface area contributed by atoms with E-state index in [0.717, 1.165) is 11.3 Å². The van der Waals surface area contributed by atoms with Crippen LogP contribution in [0.3, 0.4) is 0 Å². The van der Waals surface area contributed by atoms with Crippen LogP contribution in [-0.2, 0) is 6.54 Å². The molecule has 0 saturated carbocycles. The molecule has 2 heterocycles. The van der Waals surface area contributed by atoms with Gasteiger partial charge in [-0.25, -0.2) is 4.98 Å². The Balaban J connectivity index is 2.07. The highest BCUT2D eigenvalue weighted by molar-refractivity contribution is 6.32. The molecule has 0 aliphatic carbocycles. The quantitative estimate of drug-likeness (QED) is 0.919. The van der Waals surface area contributed by atoms with Crippen molar-refractivity contribution in [2.75, 3.05) is 12.4 Å². The Labute approximate surface area is 110 Å². The smallest absolute Gasteiger partial charge is 0.318 e. The van der Waals surface area contributed by atoms with Gasteiger partial charge in [0.05, 0.1) is 13.3 Å². The minimum Gasteiger partial charge on any atom is -0.467 e. The van der Waals surface area contributed by atoms with Gasteiger partial charge in [-0.15, -0.1) is 0 Å². The summed E-state index contributed by atoms with van der Waals surface area (Å²) in [6, 6.07) is 4.24. The summed E-state index contributed by atoms with van der Waals surface area (Å²) < 4.78 is 4.94. The van der Waals surface area contributed by atoms with Gasteiger partial charge in [0.2, 0.25) is 0 Å². The van der Waals surface area contributed by atoms with E-state index in [1.54, 1.807) is 0 Å². The fourth-order valence-corrected chi connectivity index (χ4v) is 1.52. The summed E-state index contributed by atoms with van der Waals surface area (Å²) in [5.74, 6) is 0.545. The van der Waals surface area contributed by atoms with E-state index >= 15 is 0 Å². The molecular formula is C12H13ClN4O. The van der Waals surface area contributed by atoms with E-state index in [1.807, 2.05) is 25.3 Å². The van der Waals surface area contributed by atoms with Gasteiger partial charge in [0, 0.05) is 18.4 Å². The van der Waals surface area contributed by atoms with E-state index in [-0.39, 0.29) is 6.01 Å². The van der Waals surface area contributed by atoms with Crippen molar-refractivity contribution >= 4 is 17.4 Å². The molecule has 0 saturated heterocycles. The second-order valence-electron chi connectivity index (χ2n) is 3.71. The van der Waals surface area contributed by atoms with E-state index in [0.29, 0.717) is 17.4 Å². The molecular weight excluding hydrogens is 252 g/mol. The maximum absolute atomic E-state index is 5.99. The molecule has 0 amide bonds. The first-order chi connectivity index (χ1) is 8.69. The molecule has 0 aromatic carbocycles. The van der Waals surface area contributed by atoms with E-state index in [2.05, 4.69) is 20.3 Å². The van der Waals surface area contributed by atoms with Crippen molar-refractivity contribution in [2.45, 2.75) is 13.5 Å². The molecule has 0 aliphatic heterocycles. The molecule has 0 fully saturated rings. The fourth-order valence-electron chi connectivity index (χ4n) is 1.36. The fraction of sp³-hybridized carbons (Fsp3) is 0.250. The number of anilines is 1. The largest absolute Gasteiger partial charge is 0.467 e. The lowest BCUT2D eigenvalue weighted by atomic mass is 10.2. The van der Waals surface area contributed by atoms with Gasteiger partial charge in [0.15, 0.2) is 5.82 Å². The van der Waals surface area contributed by atoms with E-state index in [4.69, 9.17) is 16.3 Å². The summed E-state index contributed by atoms with van der Waals surface area (Å²) in [4.78, 5) is 12.3. The van der Waals surface area contributed by atoms with Gasteiger partial charge in [-0.05, 0) is 18.6 Å². The summed E-state index contributed by atoms with van der Waals surface area (Å²) >= 11 is 5.99. The van der Waals surface area contributed by atoms with Crippen LogP contribution >= 0.6 is 11.6 Å². The molecule has 2 rings (SSSR count). The van der Waals surface area contributed by atoms with Crippen LogP contribution in [0.1, 0.15) is 11.3 Å². The van der Waals surface area contributed by atoms with Crippen LogP contribution in [0.5, 0.6) is 6.01 Å². The number of rotatable bonds is 4. The molecule has 0 aliphatic rings. The lowest BCUT2D eigenvalue weighted by Gasteiger charge is -2.08. The zero-order chi connectivity index (χ0) is 13.0. The third kappa shape index (κ3) is 3.07. The van der Waals surface area contributed by atoms with Crippen molar-refractivity contribution in [3.05, 3.63) is 40.8 Å². The standard InChI is InChI=1S/C12H13ClN4O/c1-8-3-4-9(5-14-8)6-15-11-10(13)7-16-12(17-11)18-2/h3-5,7H,6H2,1-2H3,(H,15,16,17). The minimum atomic E-state index is 0.281. The van der Waals surface area contributed by atoms with Gasteiger partial charge >= 0.3 is 6.01 Å². The second-order valence-corrected chi connectivity index (χ2v) is 4.12. The third-order valence-electron chi connectivity index (χ3n) is 2.34. The second kappa shape index (κ2) is 5.64. The first-order valence-electron chi connectivity index (χ1n) is 5.41. The maximum Gasteiger partial charge on any atom is 0.318 e. The molecule has 0 spiro atoms. The molecule has 0 bridgehead atoms. The van der Waals surface area contributed by atoms with Crippen LogP contribution in [0.15, 0.2) is 24.5 Å². The van der Waals surface area contributed by atoms with Gasteiger partial charge in [-0.1, -0.05) is 17.7 Å². The number of hydrogen-bond acceptors (Lipinski definition) is 5. The monoisotopic (exact) mass is 264 g/mol. The zero-order valence-corrected chi connectivity index (χ0v) is 10.9. The van der Waals surface area contributed by atoms with Crippen molar-refractivity contribution in [1.82, 2.24) is 15.0 Å². The van der Waals surface area contributed by atoms with Crippen molar-refractivity contribution in [3.8, 4) is 6.01 Å². The van der Waals surface area contributed by atoms with Gasteiger partial charge < -0.3 is 10.1 Å². The Morgan fingerprint density at radius 2 is 2.11 bits per heavy atom. The highest BCUT2D eigenvalue weighted by Crippen LogP contribution is 2.20. The molecule has 0 unspecified atom stereocenters. The zero-order valence-electron chi connectivity index (χ0n) is 10.1. The Hall–Kier alpha value is -1.88. The van der Waals surface area contributed by atoms with Crippen molar-refractivity contribution in [2.24, 2.45) is 0 Å². The number of aryl methyl sites for hydroxylation is 1. The Kier molecular flexibility index (Phi) is 3.94. The number of halogens is 1. The minimum absolute atomic E-state index is 0.281. The van der Waals surface area contributed by atoms with Crippen LogP contribution in [0, 0.1) is 6.92 Å². The van der Waals surface area contributed by atoms with Crippen molar-refractivity contribution < 1.29 is 4.74 Å². The highest BCUT2D eigenvalue weighted by atomic mass is 35.5. The Morgan fingerprint density at radius 3 is 2.78 bits per heavy atom. The third-order valence-corrected chi connectivity index (χ3v) is 2.61. The number of aromatic nitrogens is 3. The molecule has 2 aromatic rings. The number of ether oxygens (including phenoxy) is 1. The summed E-state index contributed by atoms with van der Waals surface area (Å²) in [5.41, 5.74) is 2.04. The van der Waals surface area contributed by atoms with Gasteiger partial charge in [-0.2, -0.15) is 4.98 Å². The maximum atomic E-state index is 5.99. The van der Waals surface area contributed by atoms with E-state index in [1.165, 1.54) is 13.3 Å². The molecule has 18 heavy (non-hydrogen) atoms. The number of pyridine rings is 1. The average Bonchev–Trinajstić information content (AvgIpc) is 2.40. The lowest BCUT2D eigenvalue weighted by molar-refractivity contribution is 0.380. The van der Waals surface area contributed by atoms with Crippen LogP contribution < -0.4 is 10.1 Å². The van der Waals surface area contributed by atoms with Crippen LogP contribution in [-0.4, -0.2) is 22.1 Å². The number of nitrogens with zero attached hydrogens (tertiary/aromatic N) is 3. The average molecular weight is 265 g/mol. The first kappa shape index (κ1) is 12.6. The topological polar surface area (TPSA) is 59.9 Å². The summed E-state index contributed by atoms with van der Waals surface area (Å²) in [7, 11) is 1.51. The Bertz CT molecular complexity index is 530. The van der Waals surface area contributed by atoms with Crippen molar-refractivity contribution in [3.63, 3.8) is 0 Å². The molecule has 6 heteroatoms. The van der Waals surface area contributed by atoms with Gasteiger partial charge in [0.1, 0.15) is 5.02 Å². The number of methoxy groups -OCH3 is 1. The molecule has 0 atom stereocenters. The van der Waals surface area contributed by atoms with Crippen LogP contribution in [0.2, 0.25) is 5.02 Å². The molecule has 1 N–H and O–H groups in total. The lowest BCUT2D eigenvalue weighted by Crippen LogP contribution is -2.04. The molecule has 2 aromatic heterocycles. The van der Waals surface area contributed by atoms with Crippen LogP contribution in [0.4, 0.5) is 5.82 Å². The van der Waals surface area contributed by atoms with Gasteiger partial charge in [0.25, 0.3) is 0 Å². The predicted molar refractivity (Wildman–Crippen MR) is 69.9 cm³/mol.